The summed E-state index contributed by atoms with van der Waals surface area (Å²) in [5.41, 5.74) is 16.6. The topological polar surface area (TPSA) is 51.6 Å². The van der Waals surface area contributed by atoms with Gasteiger partial charge in [-0.25, -0.2) is 0 Å². The second kappa shape index (κ2) is 17.5. The molecule has 0 spiro atoms. The van der Waals surface area contributed by atoms with Crippen LogP contribution in [0.4, 0.5) is 0 Å². The van der Waals surface area contributed by atoms with Gasteiger partial charge >= 0.3 is 350 Å². The van der Waals surface area contributed by atoms with E-state index < -0.39 is 0 Å². The molecule has 0 fully saturated rings. The van der Waals surface area contributed by atoms with Gasteiger partial charge < -0.3 is 0 Å². The Hall–Kier alpha value is -0.891. The molecule has 7 rings (SSSR count). The Bertz CT molecular complexity index is 1850. The fraction of sp³-hybridized carbons (Fsp3) is 0.591. The second-order valence-electron chi connectivity index (χ2n) is 15.8. The molecule has 0 saturated heterocycles. The van der Waals surface area contributed by atoms with Crippen molar-refractivity contribution >= 4 is 90.5 Å². The summed E-state index contributed by atoms with van der Waals surface area (Å²) in [6.07, 6.45) is 25.4. The monoisotopic (exact) mass is 1010 g/mol. The van der Waals surface area contributed by atoms with Crippen molar-refractivity contribution in [3.8, 4) is 22.3 Å². The van der Waals surface area contributed by atoms with Crippen LogP contribution in [0, 0.1) is 3.57 Å². The molecule has 0 radical (unpaired) electrons. The minimum atomic E-state index is -0.0904. The summed E-state index contributed by atoms with van der Waals surface area (Å²) in [7, 11) is 0. The number of nitrogens with zero attached hydrogens (tertiary/aromatic N) is 4. The van der Waals surface area contributed by atoms with E-state index in [0.717, 1.165) is 21.0 Å². The molecular weight excluding hydrogens is 949 g/mol. The maximum atomic E-state index is 5.24. The standard InChI is InChI=1S/C44H56BrIN4Se2/c1-5-9-13-17-21-43(22-18-14-10-6-2)31-26-30-32(25-29(31)37-33(43)27-35(45)39-41(37)49-51-47-39)44(23-19-15-11-7-3,24-20-16-12-8-4)34-28-36(46)40-42(38(30)34)50-52-48-40/h25-28H,5-24H2,1-4H3. The fourth-order valence-corrected chi connectivity index (χ4v) is 14.1. The Morgan fingerprint density at radius 1 is 0.481 bits per heavy atom. The Morgan fingerprint density at radius 2 is 0.865 bits per heavy atom. The predicted octanol–water partition coefficient (Wildman–Crippen LogP) is 13.5. The van der Waals surface area contributed by atoms with Gasteiger partial charge in [-0.15, -0.1) is 0 Å². The molecule has 2 heterocycles. The number of hydrogen-bond acceptors (Lipinski definition) is 4. The second-order valence-corrected chi connectivity index (χ2v) is 20.1. The molecule has 3 aromatic carbocycles. The summed E-state index contributed by atoms with van der Waals surface area (Å²) in [5.74, 6) is 0. The molecule has 8 heteroatoms. The van der Waals surface area contributed by atoms with E-state index in [1.807, 2.05) is 0 Å². The quantitative estimate of drug-likeness (QED) is 0.0443. The molecule has 0 bridgehead atoms. The van der Waals surface area contributed by atoms with E-state index in [-0.39, 0.29) is 40.8 Å². The van der Waals surface area contributed by atoms with Crippen molar-refractivity contribution < 1.29 is 0 Å². The Kier molecular flexibility index (Phi) is 13.2. The van der Waals surface area contributed by atoms with Crippen LogP contribution < -0.4 is 0 Å². The summed E-state index contributed by atoms with van der Waals surface area (Å²) in [6.45, 7) is 9.35. The number of aromatic nitrogens is 4. The third kappa shape index (κ3) is 7.03. The van der Waals surface area contributed by atoms with Crippen molar-refractivity contribution in [1.82, 2.24) is 15.9 Å². The molecule has 2 aliphatic carbocycles. The van der Waals surface area contributed by atoms with Crippen molar-refractivity contribution in [2.45, 2.75) is 167 Å². The first kappa shape index (κ1) is 39.3. The summed E-state index contributed by atoms with van der Waals surface area (Å²) < 4.78 is 22.9. The Balaban J connectivity index is 1.51. The molecule has 0 N–H and O–H groups in total. The number of rotatable bonds is 20. The zero-order chi connectivity index (χ0) is 36.3. The molecule has 0 aliphatic heterocycles. The normalized spacial score (nSPS) is 15.0. The van der Waals surface area contributed by atoms with Gasteiger partial charge in [0.1, 0.15) is 0 Å². The zero-order valence-electron chi connectivity index (χ0n) is 31.8. The van der Waals surface area contributed by atoms with Crippen LogP contribution in [0.2, 0.25) is 0 Å². The summed E-state index contributed by atoms with van der Waals surface area (Å²) in [6, 6.07) is 10.5. The third-order valence-corrected chi connectivity index (χ3v) is 16.2. The molecule has 278 valence electrons. The fourth-order valence-electron chi connectivity index (χ4n) is 9.95. The first-order valence-electron chi connectivity index (χ1n) is 20.6. The van der Waals surface area contributed by atoms with E-state index >= 15 is 0 Å². The zero-order valence-corrected chi connectivity index (χ0v) is 39.0. The Labute approximate surface area is 347 Å². The van der Waals surface area contributed by atoms with Crippen molar-refractivity contribution in [3.05, 3.63) is 54.6 Å². The number of unbranched alkanes of at least 4 members (excludes halogenated alkanes) is 12. The van der Waals surface area contributed by atoms with Crippen molar-refractivity contribution in [2.75, 3.05) is 0 Å². The molecule has 0 atom stereocenters. The first-order chi connectivity index (χ1) is 25.5. The number of halogens is 2. The van der Waals surface area contributed by atoms with Crippen LogP contribution in [0.15, 0.2) is 28.7 Å². The van der Waals surface area contributed by atoms with Crippen LogP contribution in [0.25, 0.3) is 44.3 Å². The average molecular weight is 1010 g/mol. The van der Waals surface area contributed by atoms with E-state index in [9.17, 15) is 0 Å². The molecule has 52 heavy (non-hydrogen) atoms. The molecule has 0 saturated carbocycles. The van der Waals surface area contributed by atoms with Gasteiger partial charge in [0.25, 0.3) is 0 Å². The van der Waals surface area contributed by atoms with Crippen LogP contribution in [-0.4, -0.2) is 45.8 Å². The predicted molar refractivity (Wildman–Crippen MR) is 234 cm³/mol. The molecule has 5 aromatic rings. The minimum absolute atomic E-state index is 0.00109. The van der Waals surface area contributed by atoms with Crippen molar-refractivity contribution in [2.24, 2.45) is 0 Å². The molecule has 2 aliphatic rings. The van der Waals surface area contributed by atoms with Gasteiger partial charge in [0.05, 0.1) is 0 Å². The summed E-state index contributed by atoms with van der Waals surface area (Å²) >= 11 is 6.45. The average Bonchev–Trinajstić information content (AvgIpc) is 3.93. The maximum absolute atomic E-state index is 5.24. The van der Waals surface area contributed by atoms with Gasteiger partial charge in [0.15, 0.2) is 0 Å². The number of fused-ring (bicyclic) bond motifs is 10. The molecular formula is C44H56BrIN4Se2. The molecule has 4 nitrogen and oxygen atoms in total. The van der Waals surface area contributed by atoms with Gasteiger partial charge in [0, 0.05) is 0 Å². The van der Waals surface area contributed by atoms with E-state index in [0.29, 0.717) is 0 Å². The Morgan fingerprint density at radius 3 is 1.31 bits per heavy atom. The molecule has 2 aromatic heterocycles. The van der Waals surface area contributed by atoms with Gasteiger partial charge in [-0.2, -0.15) is 0 Å². The molecule has 0 amide bonds. The van der Waals surface area contributed by atoms with Crippen LogP contribution in [0.5, 0.6) is 0 Å². The van der Waals surface area contributed by atoms with Gasteiger partial charge in [0.2, 0.25) is 0 Å². The van der Waals surface area contributed by atoms with E-state index in [1.165, 1.54) is 165 Å². The van der Waals surface area contributed by atoms with Crippen molar-refractivity contribution in [1.29, 1.82) is 0 Å². The summed E-state index contributed by atoms with van der Waals surface area (Å²) in [5, 5.41) is 0. The van der Waals surface area contributed by atoms with E-state index in [2.05, 4.69) is 90.5 Å². The summed E-state index contributed by atoms with van der Waals surface area (Å²) in [4.78, 5) is 0. The van der Waals surface area contributed by atoms with Crippen molar-refractivity contribution in [3.63, 3.8) is 0 Å². The molecule has 0 unspecified atom stereocenters. The van der Waals surface area contributed by atoms with Crippen LogP contribution in [-0.2, 0) is 10.8 Å². The van der Waals surface area contributed by atoms with Gasteiger partial charge in [-0.05, 0) is 0 Å². The van der Waals surface area contributed by atoms with Crippen LogP contribution >= 0.6 is 38.5 Å². The van der Waals surface area contributed by atoms with E-state index in [1.54, 1.807) is 16.7 Å². The SMILES string of the molecule is CCCCCCC1(CCCCCC)c2cc3c(cc2-c2c1cc(Br)c1n[se]nc21)C(CCCCCC)(CCCCCC)c1cc(I)c2n[se]nc2c1-3. The number of hydrogen-bond donors (Lipinski definition) is 0. The van der Waals surface area contributed by atoms with Gasteiger partial charge in [-0.1, -0.05) is 0 Å². The first-order valence-corrected chi connectivity index (χ1v) is 25.5. The van der Waals surface area contributed by atoms with Gasteiger partial charge in [-0.3, -0.25) is 0 Å². The van der Waals surface area contributed by atoms with E-state index in [4.69, 9.17) is 15.9 Å². The third-order valence-electron chi connectivity index (χ3n) is 12.6. The number of benzene rings is 3. The van der Waals surface area contributed by atoms with Crippen LogP contribution in [0.3, 0.4) is 0 Å². The van der Waals surface area contributed by atoms with Crippen LogP contribution in [0.1, 0.15) is 178 Å².